The molecular formula is C16H16FN3O2. The maximum Gasteiger partial charge on any atom is 0.124 e. The van der Waals surface area contributed by atoms with Gasteiger partial charge in [0, 0.05) is 18.1 Å². The number of fused-ring (bicyclic) bond motifs is 1. The van der Waals surface area contributed by atoms with Crippen molar-refractivity contribution in [3.8, 4) is 6.07 Å². The SMILES string of the molecule is Cc1cc(F)cc2c(NCC3(CO)COC3)c(C#N)cnc12. The molecule has 0 unspecified atom stereocenters. The lowest BCUT2D eigenvalue weighted by atomic mass is 9.87. The van der Waals surface area contributed by atoms with E-state index < -0.39 is 0 Å². The Hall–Kier alpha value is -2.23. The Morgan fingerprint density at radius 3 is 2.86 bits per heavy atom. The standard InChI is InChI=1S/C16H16FN3O2/c1-10-2-12(17)3-13-14(10)19-5-11(4-18)15(13)20-6-16(7-21)8-22-9-16/h2-3,5,21H,6-9H2,1H3,(H,19,20). The van der Waals surface area contributed by atoms with Crippen LogP contribution in [0.3, 0.4) is 0 Å². The third kappa shape index (κ3) is 2.39. The molecule has 1 saturated heterocycles. The number of rotatable bonds is 4. The molecule has 1 aromatic heterocycles. The molecular weight excluding hydrogens is 285 g/mol. The van der Waals surface area contributed by atoms with E-state index >= 15 is 0 Å². The second-order valence-electron chi connectivity index (χ2n) is 5.78. The van der Waals surface area contributed by atoms with Gasteiger partial charge in [0.05, 0.1) is 42.0 Å². The van der Waals surface area contributed by atoms with Crippen molar-refractivity contribution in [1.82, 2.24) is 4.98 Å². The maximum absolute atomic E-state index is 13.7. The minimum Gasteiger partial charge on any atom is -0.396 e. The highest BCUT2D eigenvalue weighted by Gasteiger charge is 2.38. The third-order valence-corrected chi connectivity index (χ3v) is 4.04. The molecule has 0 saturated carbocycles. The molecule has 0 amide bonds. The number of anilines is 1. The summed E-state index contributed by atoms with van der Waals surface area (Å²) in [5.41, 5.74) is 1.93. The second kappa shape index (κ2) is 5.52. The van der Waals surface area contributed by atoms with Gasteiger partial charge in [-0.05, 0) is 24.6 Å². The van der Waals surface area contributed by atoms with Gasteiger partial charge in [0.15, 0.2) is 0 Å². The number of benzene rings is 1. The van der Waals surface area contributed by atoms with Crippen LogP contribution in [0.1, 0.15) is 11.1 Å². The van der Waals surface area contributed by atoms with E-state index in [1.807, 2.05) is 0 Å². The van der Waals surface area contributed by atoms with Crippen LogP contribution >= 0.6 is 0 Å². The second-order valence-corrected chi connectivity index (χ2v) is 5.78. The first kappa shape index (κ1) is 14.7. The van der Waals surface area contributed by atoms with Gasteiger partial charge >= 0.3 is 0 Å². The molecule has 1 aromatic carbocycles. The summed E-state index contributed by atoms with van der Waals surface area (Å²) in [5.74, 6) is -0.367. The van der Waals surface area contributed by atoms with Crippen LogP contribution in [0.2, 0.25) is 0 Å². The lowest BCUT2D eigenvalue weighted by molar-refractivity contribution is -0.128. The molecule has 0 spiro atoms. The lowest BCUT2D eigenvalue weighted by Gasteiger charge is -2.40. The van der Waals surface area contributed by atoms with Crippen molar-refractivity contribution in [3.05, 3.63) is 35.3 Å². The fraction of sp³-hybridized carbons (Fsp3) is 0.375. The van der Waals surface area contributed by atoms with Crippen LogP contribution < -0.4 is 5.32 Å². The van der Waals surface area contributed by atoms with Crippen LogP contribution in [-0.2, 0) is 4.74 Å². The van der Waals surface area contributed by atoms with E-state index in [4.69, 9.17) is 4.74 Å². The molecule has 114 valence electrons. The Morgan fingerprint density at radius 1 is 1.50 bits per heavy atom. The van der Waals surface area contributed by atoms with Crippen molar-refractivity contribution in [2.75, 3.05) is 31.7 Å². The van der Waals surface area contributed by atoms with Crippen LogP contribution in [0, 0.1) is 29.5 Å². The number of nitrogens with one attached hydrogen (secondary N) is 1. The van der Waals surface area contributed by atoms with Crippen molar-refractivity contribution in [1.29, 1.82) is 5.26 Å². The molecule has 6 heteroatoms. The number of aliphatic hydroxyl groups excluding tert-OH is 1. The number of aryl methyl sites for hydroxylation is 1. The van der Waals surface area contributed by atoms with Gasteiger partial charge in [-0.3, -0.25) is 4.98 Å². The Morgan fingerprint density at radius 2 is 2.27 bits per heavy atom. The van der Waals surface area contributed by atoms with E-state index in [2.05, 4.69) is 16.4 Å². The van der Waals surface area contributed by atoms with Crippen molar-refractivity contribution >= 4 is 16.6 Å². The maximum atomic E-state index is 13.7. The van der Waals surface area contributed by atoms with Gasteiger partial charge in [-0.25, -0.2) is 4.39 Å². The number of nitrogens with zero attached hydrogens (tertiary/aromatic N) is 2. The molecule has 5 nitrogen and oxygen atoms in total. The van der Waals surface area contributed by atoms with Crippen molar-refractivity contribution in [2.24, 2.45) is 5.41 Å². The van der Waals surface area contributed by atoms with Gasteiger partial charge in [-0.1, -0.05) is 0 Å². The predicted molar refractivity (Wildman–Crippen MR) is 80.0 cm³/mol. The van der Waals surface area contributed by atoms with Crippen LogP contribution in [0.5, 0.6) is 0 Å². The molecule has 0 bridgehead atoms. The first-order chi connectivity index (χ1) is 10.6. The minimum absolute atomic E-state index is 0.00169. The lowest BCUT2D eigenvalue weighted by Crippen LogP contribution is -2.50. The number of ether oxygens (including phenoxy) is 1. The van der Waals surface area contributed by atoms with Crippen LogP contribution in [0.25, 0.3) is 10.9 Å². The third-order valence-electron chi connectivity index (χ3n) is 4.04. The molecule has 1 aliphatic rings. The Labute approximate surface area is 127 Å². The fourth-order valence-electron chi connectivity index (χ4n) is 2.63. The van der Waals surface area contributed by atoms with Gasteiger partial charge in [0.1, 0.15) is 11.9 Å². The van der Waals surface area contributed by atoms with Gasteiger partial charge in [-0.15, -0.1) is 0 Å². The Kier molecular flexibility index (Phi) is 3.69. The van der Waals surface area contributed by atoms with Crippen LogP contribution in [0.4, 0.5) is 10.1 Å². The summed E-state index contributed by atoms with van der Waals surface area (Å²) in [6, 6.07) is 4.87. The van der Waals surface area contributed by atoms with E-state index in [1.54, 1.807) is 6.92 Å². The summed E-state index contributed by atoms with van der Waals surface area (Å²) in [7, 11) is 0. The molecule has 1 fully saturated rings. The quantitative estimate of drug-likeness (QED) is 0.903. The number of hydrogen-bond donors (Lipinski definition) is 2. The summed E-state index contributed by atoms with van der Waals surface area (Å²) in [4.78, 5) is 4.25. The minimum atomic E-state index is -0.367. The highest BCUT2D eigenvalue weighted by molar-refractivity contribution is 5.95. The van der Waals surface area contributed by atoms with Crippen molar-refractivity contribution in [2.45, 2.75) is 6.92 Å². The highest BCUT2D eigenvalue weighted by atomic mass is 19.1. The molecule has 22 heavy (non-hydrogen) atoms. The molecule has 0 atom stereocenters. The number of aliphatic hydroxyl groups is 1. The molecule has 1 aliphatic heterocycles. The van der Waals surface area contributed by atoms with E-state index in [0.29, 0.717) is 47.5 Å². The summed E-state index contributed by atoms with van der Waals surface area (Å²) in [6.07, 6.45) is 1.48. The van der Waals surface area contributed by atoms with Gasteiger partial charge < -0.3 is 15.2 Å². The summed E-state index contributed by atoms with van der Waals surface area (Å²) < 4.78 is 18.9. The summed E-state index contributed by atoms with van der Waals surface area (Å²) in [5, 5.41) is 22.5. The molecule has 2 N–H and O–H groups in total. The van der Waals surface area contributed by atoms with Crippen LogP contribution in [0.15, 0.2) is 18.3 Å². The zero-order chi connectivity index (χ0) is 15.7. The predicted octanol–water partition coefficient (Wildman–Crippen LogP) is 1.97. The first-order valence-electron chi connectivity index (χ1n) is 7.00. The molecule has 3 rings (SSSR count). The average Bonchev–Trinajstić information content (AvgIpc) is 2.46. The Bertz CT molecular complexity index is 761. The zero-order valence-electron chi connectivity index (χ0n) is 12.2. The van der Waals surface area contributed by atoms with Gasteiger partial charge in [0.25, 0.3) is 0 Å². The van der Waals surface area contributed by atoms with E-state index in [9.17, 15) is 14.8 Å². The highest BCUT2D eigenvalue weighted by Crippen LogP contribution is 2.32. The monoisotopic (exact) mass is 301 g/mol. The molecule has 0 aliphatic carbocycles. The van der Waals surface area contributed by atoms with E-state index in [-0.39, 0.29) is 17.8 Å². The number of pyridine rings is 1. The number of halogens is 1. The Balaban J connectivity index is 2.04. The molecule has 2 heterocycles. The normalized spacial score (nSPS) is 16.1. The summed E-state index contributed by atoms with van der Waals surface area (Å²) in [6.45, 7) is 3.16. The zero-order valence-corrected chi connectivity index (χ0v) is 12.2. The average molecular weight is 301 g/mol. The largest absolute Gasteiger partial charge is 0.396 e. The topological polar surface area (TPSA) is 78.2 Å². The van der Waals surface area contributed by atoms with Gasteiger partial charge in [-0.2, -0.15) is 5.26 Å². The van der Waals surface area contributed by atoms with E-state index in [1.165, 1.54) is 18.3 Å². The number of hydrogen-bond acceptors (Lipinski definition) is 5. The molecule has 2 aromatic rings. The van der Waals surface area contributed by atoms with Crippen molar-refractivity contribution in [3.63, 3.8) is 0 Å². The molecule has 0 radical (unpaired) electrons. The number of aromatic nitrogens is 1. The van der Waals surface area contributed by atoms with Crippen LogP contribution in [-0.4, -0.2) is 36.5 Å². The first-order valence-corrected chi connectivity index (χ1v) is 7.00. The van der Waals surface area contributed by atoms with Gasteiger partial charge in [0.2, 0.25) is 0 Å². The van der Waals surface area contributed by atoms with Crippen molar-refractivity contribution < 1.29 is 14.2 Å². The fourth-order valence-corrected chi connectivity index (χ4v) is 2.63. The van der Waals surface area contributed by atoms with E-state index in [0.717, 1.165) is 0 Å². The number of nitriles is 1. The smallest absolute Gasteiger partial charge is 0.124 e. The summed E-state index contributed by atoms with van der Waals surface area (Å²) >= 11 is 0.